The van der Waals surface area contributed by atoms with Crippen LogP contribution in [0, 0.1) is 0 Å². The predicted molar refractivity (Wildman–Crippen MR) is 86.1 cm³/mol. The van der Waals surface area contributed by atoms with Gasteiger partial charge in [0.05, 0.1) is 11.8 Å². The summed E-state index contributed by atoms with van der Waals surface area (Å²) in [5.41, 5.74) is 1.53. The maximum Gasteiger partial charge on any atom is 0.255 e. The number of hydrogen-bond acceptors (Lipinski definition) is 2. The number of hydrogen-bond donors (Lipinski definition) is 1. The van der Waals surface area contributed by atoms with E-state index >= 15 is 0 Å². The number of nitrogens with one attached hydrogen (secondary N) is 1. The van der Waals surface area contributed by atoms with Gasteiger partial charge in [0.25, 0.3) is 5.91 Å². The summed E-state index contributed by atoms with van der Waals surface area (Å²) in [6.07, 6.45) is 3.41. The Hall–Kier alpha value is -0.970. The fraction of sp³-hybridized carbons (Fsp3) is 0.267. The van der Waals surface area contributed by atoms with Crippen LogP contribution >= 0.6 is 39.1 Å². The summed E-state index contributed by atoms with van der Waals surface area (Å²) in [6.45, 7) is 0. The lowest BCUT2D eigenvalue weighted by molar-refractivity contribution is 0.0903. The third-order valence-electron chi connectivity index (χ3n) is 3.82. The summed E-state index contributed by atoms with van der Waals surface area (Å²) >= 11 is 15.4. The minimum Gasteiger partial charge on any atom is -0.457 e. The molecule has 0 saturated heterocycles. The van der Waals surface area contributed by atoms with Crippen molar-refractivity contribution in [1.82, 2.24) is 5.32 Å². The van der Waals surface area contributed by atoms with Crippen molar-refractivity contribution in [3.05, 3.63) is 56.4 Å². The molecule has 3 rings (SSSR count). The predicted octanol–water partition coefficient (Wildman–Crippen LogP) is 5.02. The first-order chi connectivity index (χ1) is 10.1. The minimum atomic E-state index is -0.143. The molecule has 0 radical (unpaired) electrons. The van der Waals surface area contributed by atoms with E-state index in [-0.39, 0.29) is 17.9 Å². The quantitative estimate of drug-likeness (QED) is 0.801. The first-order valence-corrected chi connectivity index (χ1v) is 8.10. The van der Waals surface area contributed by atoms with E-state index < -0.39 is 0 Å². The summed E-state index contributed by atoms with van der Waals surface area (Å²) in [5, 5.41) is 4.30. The Balaban J connectivity index is 1.73. The molecule has 3 nitrogen and oxygen atoms in total. The van der Waals surface area contributed by atoms with Gasteiger partial charge in [-0.15, -0.1) is 0 Å². The van der Waals surface area contributed by atoms with E-state index in [1.54, 1.807) is 12.1 Å². The van der Waals surface area contributed by atoms with Crippen molar-refractivity contribution in [1.29, 1.82) is 0 Å². The molecule has 1 aliphatic rings. The van der Waals surface area contributed by atoms with E-state index in [1.165, 1.54) is 6.26 Å². The Labute approximate surface area is 140 Å². The van der Waals surface area contributed by atoms with Crippen LogP contribution in [0.15, 0.2) is 39.6 Å². The second-order valence-electron chi connectivity index (χ2n) is 5.04. The van der Waals surface area contributed by atoms with E-state index in [2.05, 4.69) is 21.2 Å². The van der Waals surface area contributed by atoms with Crippen molar-refractivity contribution in [2.24, 2.45) is 0 Å². The molecule has 1 aromatic heterocycles. The van der Waals surface area contributed by atoms with Crippen molar-refractivity contribution < 1.29 is 9.21 Å². The van der Waals surface area contributed by atoms with Crippen LogP contribution in [0.3, 0.4) is 0 Å². The summed E-state index contributed by atoms with van der Waals surface area (Å²) in [5.74, 6) is 0.0832. The van der Waals surface area contributed by atoms with Crippen molar-refractivity contribution >= 4 is 45.0 Å². The molecular weight excluding hydrogens is 377 g/mol. The smallest absolute Gasteiger partial charge is 0.255 e. The zero-order valence-corrected chi connectivity index (χ0v) is 14.0. The van der Waals surface area contributed by atoms with Crippen LogP contribution in [-0.2, 0) is 0 Å². The Kier molecular flexibility index (Phi) is 4.29. The van der Waals surface area contributed by atoms with E-state index in [0.717, 1.165) is 18.4 Å². The largest absolute Gasteiger partial charge is 0.457 e. The summed E-state index contributed by atoms with van der Waals surface area (Å²) in [7, 11) is 0. The fourth-order valence-corrected chi connectivity index (χ4v) is 3.52. The van der Waals surface area contributed by atoms with Crippen molar-refractivity contribution in [2.45, 2.75) is 24.8 Å². The molecule has 2 aromatic rings. The molecule has 6 heteroatoms. The normalized spacial score (nSPS) is 20.9. The van der Waals surface area contributed by atoms with Crippen LogP contribution in [0.25, 0.3) is 0 Å². The number of rotatable bonds is 3. The highest BCUT2D eigenvalue weighted by Gasteiger charge is 2.35. The molecule has 2 atom stereocenters. The van der Waals surface area contributed by atoms with Gasteiger partial charge in [-0.2, -0.15) is 0 Å². The molecule has 1 amide bonds. The Bertz CT molecular complexity index is 686. The van der Waals surface area contributed by atoms with Crippen LogP contribution in [0.2, 0.25) is 10.0 Å². The standard InChI is InChI=1S/C15H12BrCl2NO2/c16-14-11(5-6-21-14)15(20)19-13-4-3-10(13)9-2-1-8(17)7-12(9)18/h1-2,5-7,10,13H,3-4H2,(H,19,20)/t10-,13-/m0/s1. The lowest BCUT2D eigenvalue weighted by Gasteiger charge is -2.38. The van der Waals surface area contributed by atoms with Gasteiger partial charge in [0.15, 0.2) is 4.67 Å². The van der Waals surface area contributed by atoms with Crippen LogP contribution in [0.5, 0.6) is 0 Å². The third-order valence-corrected chi connectivity index (χ3v) is 4.99. The molecular formula is C15H12BrCl2NO2. The average Bonchev–Trinajstić information content (AvgIpc) is 2.84. The molecule has 21 heavy (non-hydrogen) atoms. The summed E-state index contributed by atoms with van der Waals surface area (Å²) < 4.78 is 5.53. The highest BCUT2D eigenvalue weighted by atomic mass is 79.9. The molecule has 1 aliphatic carbocycles. The Morgan fingerprint density at radius 2 is 2.10 bits per heavy atom. The number of carbonyl (C=O) groups is 1. The van der Waals surface area contributed by atoms with Crippen molar-refractivity contribution in [2.75, 3.05) is 0 Å². The van der Waals surface area contributed by atoms with Gasteiger partial charge in [0.1, 0.15) is 0 Å². The van der Waals surface area contributed by atoms with E-state index in [0.29, 0.717) is 20.3 Å². The molecule has 1 heterocycles. The minimum absolute atomic E-state index is 0.0815. The number of amides is 1. The number of halogens is 3. The van der Waals surface area contributed by atoms with Crippen molar-refractivity contribution in [3.63, 3.8) is 0 Å². The number of carbonyl (C=O) groups excluding carboxylic acids is 1. The SMILES string of the molecule is O=C(N[C@H]1CC[C@H]1c1ccc(Cl)cc1Cl)c1ccoc1Br. The Morgan fingerprint density at radius 1 is 1.29 bits per heavy atom. The molecule has 0 bridgehead atoms. The van der Waals surface area contributed by atoms with E-state index in [1.807, 2.05) is 12.1 Å². The maximum atomic E-state index is 12.2. The summed E-state index contributed by atoms with van der Waals surface area (Å²) in [6, 6.07) is 7.22. The molecule has 1 fully saturated rings. The first-order valence-electron chi connectivity index (χ1n) is 6.55. The average molecular weight is 389 g/mol. The van der Waals surface area contributed by atoms with Gasteiger partial charge >= 0.3 is 0 Å². The topological polar surface area (TPSA) is 42.2 Å². The maximum absolute atomic E-state index is 12.2. The van der Waals surface area contributed by atoms with Gasteiger partial charge in [-0.05, 0) is 52.5 Å². The lowest BCUT2D eigenvalue weighted by Crippen LogP contribution is -2.45. The highest BCUT2D eigenvalue weighted by molar-refractivity contribution is 9.10. The zero-order chi connectivity index (χ0) is 15.0. The number of benzene rings is 1. The van der Waals surface area contributed by atoms with Gasteiger partial charge in [-0.25, -0.2) is 0 Å². The van der Waals surface area contributed by atoms with Crippen LogP contribution < -0.4 is 5.32 Å². The van der Waals surface area contributed by atoms with Gasteiger partial charge in [-0.1, -0.05) is 29.3 Å². The van der Waals surface area contributed by atoms with Crippen LogP contribution in [-0.4, -0.2) is 11.9 Å². The molecule has 0 unspecified atom stereocenters. The van der Waals surface area contributed by atoms with E-state index in [4.69, 9.17) is 27.6 Å². The van der Waals surface area contributed by atoms with Gasteiger partial charge < -0.3 is 9.73 Å². The zero-order valence-electron chi connectivity index (χ0n) is 10.9. The molecule has 1 N–H and O–H groups in total. The molecule has 1 saturated carbocycles. The van der Waals surface area contributed by atoms with Crippen molar-refractivity contribution in [3.8, 4) is 0 Å². The lowest BCUT2D eigenvalue weighted by atomic mass is 9.75. The monoisotopic (exact) mass is 387 g/mol. The van der Waals surface area contributed by atoms with E-state index in [9.17, 15) is 4.79 Å². The van der Waals surface area contributed by atoms with Gasteiger partial charge in [0, 0.05) is 22.0 Å². The van der Waals surface area contributed by atoms with Crippen LogP contribution in [0.4, 0.5) is 0 Å². The van der Waals surface area contributed by atoms with Gasteiger partial charge in [0.2, 0.25) is 0 Å². The Morgan fingerprint density at radius 3 is 2.67 bits per heavy atom. The molecule has 1 aromatic carbocycles. The number of furan rings is 1. The van der Waals surface area contributed by atoms with Gasteiger partial charge in [-0.3, -0.25) is 4.79 Å². The van der Waals surface area contributed by atoms with Crippen LogP contribution in [0.1, 0.15) is 34.7 Å². The fourth-order valence-electron chi connectivity index (χ4n) is 2.55. The second-order valence-corrected chi connectivity index (χ2v) is 6.60. The second kappa shape index (κ2) is 6.03. The first kappa shape index (κ1) is 14.9. The molecule has 0 aliphatic heterocycles. The summed E-state index contributed by atoms with van der Waals surface area (Å²) in [4.78, 5) is 12.2. The third kappa shape index (κ3) is 2.98. The highest BCUT2D eigenvalue weighted by Crippen LogP contribution is 2.41. The molecule has 110 valence electrons. The molecule has 0 spiro atoms.